The summed E-state index contributed by atoms with van der Waals surface area (Å²) in [7, 11) is 0. The zero-order valence-electron chi connectivity index (χ0n) is 33.2. The van der Waals surface area contributed by atoms with Crippen LogP contribution in [0, 0.1) is 17.8 Å². The van der Waals surface area contributed by atoms with Crippen LogP contribution in [0.1, 0.15) is 170 Å². The summed E-state index contributed by atoms with van der Waals surface area (Å²) in [6.45, 7) is 8.27. The monoisotopic (exact) mass is 730 g/mol. The average Bonchev–Trinajstić information content (AvgIpc) is 3.16. The molecule has 7 nitrogen and oxygen atoms in total. The molecule has 294 valence electrons. The normalized spacial score (nSPS) is 27.7. The summed E-state index contributed by atoms with van der Waals surface area (Å²) in [6, 6.07) is 16.6. The number of ether oxygens (including phenoxy) is 2. The van der Waals surface area contributed by atoms with Gasteiger partial charge >= 0.3 is 6.03 Å². The lowest BCUT2D eigenvalue weighted by Crippen LogP contribution is -2.61. The van der Waals surface area contributed by atoms with Crippen molar-refractivity contribution in [2.24, 2.45) is 17.8 Å². The third kappa shape index (κ3) is 12.0. The largest absolute Gasteiger partial charge is 0.392 e. The van der Waals surface area contributed by atoms with E-state index in [2.05, 4.69) is 65.8 Å². The number of unbranched alkanes of at least 4 members (excludes halogenated alkanes) is 10. The van der Waals surface area contributed by atoms with E-state index in [1.165, 1.54) is 96.3 Å². The summed E-state index contributed by atoms with van der Waals surface area (Å²) >= 11 is 0. The van der Waals surface area contributed by atoms with Gasteiger partial charge in [0.05, 0.1) is 18.8 Å². The maximum absolute atomic E-state index is 13.1. The molecule has 7 heteroatoms. The van der Waals surface area contributed by atoms with Gasteiger partial charge in [0.2, 0.25) is 0 Å². The van der Waals surface area contributed by atoms with Crippen molar-refractivity contribution in [2.75, 3.05) is 19.6 Å². The quantitative estimate of drug-likeness (QED) is 0.105. The Balaban J connectivity index is 1.07. The highest BCUT2D eigenvalue weighted by Crippen LogP contribution is 2.55. The maximum atomic E-state index is 13.1. The zero-order valence-corrected chi connectivity index (χ0v) is 33.2. The highest BCUT2D eigenvalue weighted by Gasteiger charge is 2.51. The highest BCUT2D eigenvalue weighted by molar-refractivity contribution is 5.75. The molecule has 0 aromatic heterocycles. The molecule has 1 heterocycles. The van der Waals surface area contributed by atoms with Crippen LogP contribution in [-0.4, -0.2) is 47.3 Å². The summed E-state index contributed by atoms with van der Waals surface area (Å²) in [5.41, 5.74) is 4.13. The Morgan fingerprint density at radius 2 is 1.23 bits per heavy atom. The van der Waals surface area contributed by atoms with Gasteiger partial charge in [0.15, 0.2) is 6.29 Å². The number of nitrogens with one attached hydrogen (secondary N) is 2. The van der Waals surface area contributed by atoms with Crippen molar-refractivity contribution in [1.29, 1.82) is 0 Å². The molecule has 4 aliphatic carbocycles. The standard InChI is InChI=1S/C46H71N3O4/c1-3-5-7-9-11-13-23-49(24-14-12-10-8-6-4-2)33-42-28-43(40-19-17-36(34-50)18-20-40)53-44(52-42)41-21-15-35(16-22-41)32-47-45(51)48-46-29-37-25-38(30-46)27-39(26-37)31-46/h15-22,37-39,42-44,50H,3-14,23-34H2,1-2H3,(H2,47,48,51)/t37?,38?,39?,42-,43+,44+,46?/m0/s1. The number of carbonyl (C=O) groups excluding carboxylic acids is 1. The number of aliphatic hydroxyl groups excluding tert-OH is 1. The Kier molecular flexibility index (Phi) is 15.5. The van der Waals surface area contributed by atoms with Gasteiger partial charge in [-0.15, -0.1) is 0 Å². The van der Waals surface area contributed by atoms with Crippen molar-refractivity contribution in [3.8, 4) is 0 Å². The Labute approximate surface area is 321 Å². The van der Waals surface area contributed by atoms with Crippen LogP contribution < -0.4 is 10.6 Å². The van der Waals surface area contributed by atoms with E-state index < -0.39 is 6.29 Å². The second kappa shape index (κ2) is 20.5. The van der Waals surface area contributed by atoms with Crippen LogP contribution in [0.3, 0.4) is 0 Å². The number of benzene rings is 2. The topological polar surface area (TPSA) is 83.1 Å². The maximum Gasteiger partial charge on any atom is 0.315 e. The molecule has 4 bridgehead atoms. The van der Waals surface area contributed by atoms with Gasteiger partial charge in [-0.25, -0.2) is 4.79 Å². The van der Waals surface area contributed by atoms with Crippen molar-refractivity contribution in [1.82, 2.24) is 15.5 Å². The molecule has 1 aliphatic heterocycles. The van der Waals surface area contributed by atoms with Crippen molar-refractivity contribution in [2.45, 2.75) is 173 Å². The van der Waals surface area contributed by atoms with E-state index in [1.54, 1.807) is 0 Å². The van der Waals surface area contributed by atoms with Crippen LogP contribution in [0.4, 0.5) is 4.79 Å². The van der Waals surface area contributed by atoms with Crippen molar-refractivity contribution >= 4 is 6.03 Å². The number of nitrogens with zero attached hydrogens (tertiary/aromatic N) is 1. The van der Waals surface area contributed by atoms with Crippen LogP contribution in [0.25, 0.3) is 0 Å². The van der Waals surface area contributed by atoms with E-state index in [-0.39, 0.29) is 30.4 Å². The minimum atomic E-state index is -0.470. The Bertz CT molecular complexity index is 1310. The first kappa shape index (κ1) is 40.2. The average molecular weight is 730 g/mol. The highest BCUT2D eigenvalue weighted by atomic mass is 16.7. The van der Waals surface area contributed by atoms with Crippen LogP contribution in [0.15, 0.2) is 48.5 Å². The molecule has 3 atom stereocenters. The van der Waals surface area contributed by atoms with E-state index in [0.29, 0.717) is 6.54 Å². The number of rotatable bonds is 22. The summed E-state index contributed by atoms with van der Waals surface area (Å²) in [4.78, 5) is 15.8. The van der Waals surface area contributed by atoms with Crippen LogP contribution >= 0.6 is 0 Å². The molecule has 3 N–H and O–H groups in total. The SMILES string of the molecule is CCCCCCCCN(CCCCCCCC)C[C@@H]1C[C@H](c2ccc(CO)cc2)O[C@H](c2ccc(CNC(=O)NC34CC5CC(CC(C5)C3)C4)cc2)O1. The van der Waals surface area contributed by atoms with Gasteiger partial charge in [-0.05, 0) is 98.9 Å². The molecule has 2 aromatic rings. The number of hydrogen-bond acceptors (Lipinski definition) is 5. The lowest BCUT2D eigenvalue weighted by molar-refractivity contribution is -0.253. The molecule has 2 amide bonds. The fourth-order valence-electron chi connectivity index (χ4n) is 10.4. The molecule has 1 saturated heterocycles. The summed E-state index contributed by atoms with van der Waals surface area (Å²) < 4.78 is 13.5. The molecule has 4 saturated carbocycles. The summed E-state index contributed by atoms with van der Waals surface area (Å²) in [5.74, 6) is 2.42. The van der Waals surface area contributed by atoms with Crippen LogP contribution in [0.2, 0.25) is 0 Å². The van der Waals surface area contributed by atoms with Gasteiger partial charge in [-0.2, -0.15) is 0 Å². The number of hydrogen-bond donors (Lipinski definition) is 3. The number of urea groups is 1. The third-order valence-electron chi connectivity index (χ3n) is 12.9. The first-order valence-corrected chi connectivity index (χ1v) is 21.8. The van der Waals surface area contributed by atoms with Crippen molar-refractivity contribution < 1.29 is 19.4 Å². The van der Waals surface area contributed by atoms with Gasteiger partial charge in [-0.1, -0.05) is 127 Å². The van der Waals surface area contributed by atoms with Crippen LogP contribution in [-0.2, 0) is 22.6 Å². The molecule has 53 heavy (non-hydrogen) atoms. The predicted molar refractivity (Wildman–Crippen MR) is 214 cm³/mol. The Morgan fingerprint density at radius 3 is 1.79 bits per heavy atom. The van der Waals surface area contributed by atoms with Gasteiger partial charge in [0.25, 0.3) is 0 Å². The Hall–Kier alpha value is -2.45. The van der Waals surface area contributed by atoms with E-state index in [9.17, 15) is 9.90 Å². The lowest BCUT2D eigenvalue weighted by Gasteiger charge is -2.56. The number of aliphatic hydroxyl groups is 1. The lowest BCUT2D eigenvalue weighted by atomic mass is 9.53. The molecule has 5 aliphatic rings. The molecule has 0 unspecified atom stereocenters. The van der Waals surface area contributed by atoms with E-state index in [4.69, 9.17) is 9.47 Å². The zero-order chi connectivity index (χ0) is 36.9. The molecule has 5 fully saturated rings. The van der Waals surface area contributed by atoms with E-state index >= 15 is 0 Å². The summed E-state index contributed by atoms with van der Waals surface area (Å²) in [5, 5.41) is 16.3. The van der Waals surface area contributed by atoms with Gasteiger partial charge in [0.1, 0.15) is 0 Å². The third-order valence-corrected chi connectivity index (χ3v) is 12.9. The second-order valence-corrected chi connectivity index (χ2v) is 17.4. The first-order valence-electron chi connectivity index (χ1n) is 21.8. The molecule has 0 spiro atoms. The van der Waals surface area contributed by atoms with Crippen molar-refractivity contribution in [3.63, 3.8) is 0 Å². The molecule has 0 radical (unpaired) electrons. The second-order valence-electron chi connectivity index (χ2n) is 17.4. The van der Waals surface area contributed by atoms with Gasteiger partial charge in [-0.3, -0.25) is 0 Å². The smallest absolute Gasteiger partial charge is 0.315 e. The fraction of sp³-hybridized carbons (Fsp3) is 0.717. The number of amides is 2. The van der Waals surface area contributed by atoms with E-state index in [0.717, 1.165) is 85.3 Å². The fourth-order valence-corrected chi connectivity index (χ4v) is 10.4. The predicted octanol–water partition coefficient (Wildman–Crippen LogP) is 10.5. The minimum absolute atomic E-state index is 0.0166. The number of carbonyl (C=O) groups is 1. The molecule has 7 rings (SSSR count). The molecule has 2 aromatic carbocycles. The molecular weight excluding hydrogens is 659 g/mol. The first-order chi connectivity index (χ1) is 25.9. The molecular formula is C46H71N3O4. The van der Waals surface area contributed by atoms with Gasteiger partial charge < -0.3 is 30.1 Å². The van der Waals surface area contributed by atoms with Crippen LogP contribution in [0.5, 0.6) is 0 Å². The van der Waals surface area contributed by atoms with E-state index in [1.807, 2.05) is 12.1 Å². The van der Waals surface area contributed by atoms with Crippen molar-refractivity contribution in [3.05, 3.63) is 70.8 Å². The van der Waals surface area contributed by atoms with Gasteiger partial charge in [0, 0.05) is 30.6 Å². The minimum Gasteiger partial charge on any atom is -0.392 e. The summed E-state index contributed by atoms with van der Waals surface area (Å²) in [6.07, 6.45) is 23.6. The Morgan fingerprint density at radius 1 is 0.698 bits per heavy atom.